The summed E-state index contributed by atoms with van der Waals surface area (Å²) in [6.45, 7) is 3.42. The molecule has 0 radical (unpaired) electrons. The molecule has 2 aromatic carbocycles. The number of sulfonamides is 1. The van der Waals surface area contributed by atoms with Gasteiger partial charge in [0.15, 0.2) is 6.61 Å². The number of halogens is 1. The van der Waals surface area contributed by atoms with Crippen molar-refractivity contribution < 1.29 is 17.9 Å². The molecule has 0 fully saturated rings. The molecule has 0 unspecified atom stereocenters. The van der Waals surface area contributed by atoms with Gasteiger partial charge in [0.05, 0.1) is 10.6 Å². The largest absolute Gasteiger partial charge is 0.482 e. The number of amides is 1. The molecule has 0 saturated carbocycles. The number of rotatable bonds is 3. The smallest absolute Gasteiger partial charge is 0.262 e. The van der Waals surface area contributed by atoms with Crippen LogP contribution in [0.3, 0.4) is 0 Å². The van der Waals surface area contributed by atoms with Crippen molar-refractivity contribution >= 4 is 43.2 Å². The van der Waals surface area contributed by atoms with E-state index in [2.05, 4.69) is 26.0 Å². The molecular weight excluding hydrogens is 396 g/mol. The van der Waals surface area contributed by atoms with Crippen LogP contribution in [-0.4, -0.2) is 20.9 Å². The molecule has 2 aromatic rings. The molecule has 0 atom stereocenters. The van der Waals surface area contributed by atoms with E-state index >= 15 is 0 Å². The molecule has 0 aromatic heterocycles. The summed E-state index contributed by atoms with van der Waals surface area (Å²) in [5.41, 5.74) is 2.38. The maximum atomic E-state index is 12.7. The summed E-state index contributed by atoms with van der Waals surface area (Å²) < 4.78 is 34.2. The average Bonchev–Trinajstić information content (AvgIpc) is 2.49. The van der Waals surface area contributed by atoms with Crippen molar-refractivity contribution in [2.45, 2.75) is 18.7 Å². The number of aryl methyl sites for hydroxylation is 2. The first-order chi connectivity index (χ1) is 11.3. The van der Waals surface area contributed by atoms with E-state index in [1.54, 1.807) is 31.2 Å². The monoisotopic (exact) mass is 410 g/mol. The topological polar surface area (TPSA) is 84.5 Å². The van der Waals surface area contributed by atoms with Gasteiger partial charge in [-0.3, -0.25) is 9.52 Å². The normalized spacial score (nSPS) is 13.7. The van der Waals surface area contributed by atoms with E-state index in [1.807, 2.05) is 6.92 Å². The molecule has 8 heteroatoms. The summed E-state index contributed by atoms with van der Waals surface area (Å²) in [6, 6.07) is 8.22. The number of carbonyl (C=O) groups is 1. The van der Waals surface area contributed by atoms with Crippen LogP contribution < -0.4 is 14.8 Å². The number of ether oxygens (including phenoxy) is 1. The number of carbonyl (C=O) groups excluding carboxylic acids is 1. The summed E-state index contributed by atoms with van der Waals surface area (Å²) in [5, 5.41) is 2.66. The minimum absolute atomic E-state index is 0.109. The third-order valence-corrected chi connectivity index (χ3v) is 6.02. The van der Waals surface area contributed by atoms with Crippen molar-refractivity contribution in [3.8, 4) is 5.75 Å². The highest BCUT2D eigenvalue weighted by Gasteiger charge is 2.23. The lowest BCUT2D eigenvalue weighted by Crippen LogP contribution is -2.26. The molecule has 2 N–H and O–H groups in total. The number of benzene rings is 2. The van der Waals surface area contributed by atoms with Gasteiger partial charge in [0.2, 0.25) is 0 Å². The lowest BCUT2D eigenvalue weighted by Gasteiger charge is -2.20. The van der Waals surface area contributed by atoms with Gasteiger partial charge in [-0.25, -0.2) is 8.42 Å². The van der Waals surface area contributed by atoms with Crippen LogP contribution in [0.4, 0.5) is 11.4 Å². The van der Waals surface area contributed by atoms with Crippen molar-refractivity contribution in [1.29, 1.82) is 0 Å². The van der Waals surface area contributed by atoms with Crippen LogP contribution in [0.5, 0.6) is 5.75 Å². The summed E-state index contributed by atoms with van der Waals surface area (Å²) in [7, 11) is -3.78. The zero-order valence-electron chi connectivity index (χ0n) is 13.0. The van der Waals surface area contributed by atoms with Crippen LogP contribution in [0.2, 0.25) is 0 Å². The lowest BCUT2D eigenvalue weighted by molar-refractivity contribution is -0.118. The van der Waals surface area contributed by atoms with Gasteiger partial charge in [-0.1, -0.05) is 15.9 Å². The first kappa shape index (κ1) is 16.8. The Hall–Kier alpha value is -2.06. The Labute approximate surface area is 148 Å². The fourth-order valence-corrected chi connectivity index (χ4v) is 3.96. The minimum Gasteiger partial charge on any atom is -0.482 e. The van der Waals surface area contributed by atoms with E-state index in [0.29, 0.717) is 22.7 Å². The van der Waals surface area contributed by atoms with E-state index < -0.39 is 10.0 Å². The molecule has 1 aliphatic heterocycles. The fourth-order valence-electron chi connectivity index (χ4n) is 2.42. The molecule has 1 aliphatic rings. The molecule has 126 valence electrons. The SMILES string of the molecule is Cc1cc(NS(=O)(=O)c2cc3c(cc2C)NC(=O)CO3)ccc1Br. The van der Waals surface area contributed by atoms with E-state index in [9.17, 15) is 13.2 Å². The molecule has 1 amide bonds. The van der Waals surface area contributed by atoms with Gasteiger partial charge in [0.25, 0.3) is 15.9 Å². The number of hydrogen-bond acceptors (Lipinski definition) is 4. The quantitative estimate of drug-likeness (QED) is 0.813. The second kappa shape index (κ2) is 6.10. The molecular formula is C16H15BrN2O4S. The summed E-state index contributed by atoms with van der Waals surface area (Å²) in [5.74, 6) is 0.0773. The summed E-state index contributed by atoms with van der Waals surface area (Å²) in [6.07, 6.45) is 0. The van der Waals surface area contributed by atoms with Crippen LogP contribution in [0.15, 0.2) is 39.7 Å². The van der Waals surface area contributed by atoms with Gasteiger partial charge in [0.1, 0.15) is 5.75 Å². The second-order valence-electron chi connectivity index (χ2n) is 5.52. The van der Waals surface area contributed by atoms with Gasteiger partial charge in [-0.05, 0) is 49.2 Å². The van der Waals surface area contributed by atoms with Crippen molar-refractivity contribution in [1.82, 2.24) is 0 Å². The fraction of sp³-hybridized carbons (Fsp3) is 0.188. The van der Waals surface area contributed by atoms with Gasteiger partial charge in [-0.2, -0.15) is 0 Å². The van der Waals surface area contributed by atoms with Gasteiger partial charge in [-0.15, -0.1) is 0 Å². The zero-order valence-corrected chi connectivity index (χ0v) is 15.4. The summed E-state index contributed by atoms with van der Waals surface area (Å²) >= 11 is 3.38. The molecule has 3 rings (SSSR count). The average molecular weight is 411 g/mol. The van der Waals surface area contributed by atoms with Gasteiger partial charge in [0, 0.05) is 16.2 Å². The highest BCUT2D eigenvalue weighted by Crippen LogP contribution is 2.33. The zero-order chi connectivity index (χ0) is 17.5. The molecule has 6 nitrogen and oxygen atoms in total. The highest BCUT2D eigenvalue weighted by molar-refractivity contribution is 9.10. The van der Waals surface area contributed by atoms with E-state index in [4.69, 9.17) is 4.74 Å². The number of nitrogens with one attached hydrogen (secondary N) is 2. The number of anilines is 2. The lowest BCUT2D eigenvalue weighted by atomic mass is 10.2. The van der Waals surface area contributed by atoms with Crippen molar-refractivity contribution in [2.24, 2.45) is 0 Å². The molecule has 0 spiro atoms. The predicted molar refractivity (Wildman–Crippen MR) is 95.0 cm³/mol. The third-order valence-electron chi connectivity index (χ3n) is 3.61. The number of hydrogen-bond donors (Lipinski definition) is 2. The first-order valence-electron chi connectivity index (χ1n) is 7.12. The van der Waals surface area contributed by atoms with Crippen LogP contribution in [0, 0.1) is 13.8 Å². The predicted octanol–water partition coefficient (Wildman–Crippen LogP) is 3.20. The maximum Gasteiger partial charge on any atom is 0.262 e. The molecule has 0 saturated heterocycles. The van der Waals surface area contributed by atoms with Crippen LogP contribution >= 0.6 is 15.9 Å². The van der Waals surface area contributed by atoms with Crippen molar-refractivity contribution in [2.75, 3.05) is 16.6 Å². The van der Waals surface area contributed by atoms with Crippen LogP contribution in [0.25, 0.3) is 0 Å². The molecule has 0 aliphatic carbocycles. The van der Waals surface area contributed by atoms with Crippen LogP contribution in [0.1, 0.15) is 11.1 Å². The van der Waals surface area contributed by atoms with E-state index in [-0.39, 0.29) is 17.4 Å². The Balaban J connectivity index is 1.97. The van der Waals surface area contributed by atoms with Crippen LogP contribution in [-0.2, 0) is 14.8 Å². The Morgan fingerprint density at radius 1 is 1.17 bits per heavy atom. The first-order valence-corrected chi connectivity index (χ1v) is 9.40. The number of fused-ring (bicyclic) bond motifs is 1. The van der Waals surface area contributed by atoms with Gasteiger partial charge < -0.3 is 10.1 Å². The molecule has 0 bridgehead atoms. The Morgan fingerprint density at radius 2 is 1.92 bits per heavy atom. The van der Waals surface area contributed by atoms with E-state index in [0.717, 1.165) is 10.0 Å². The molecule has 24 heavy (non-hydrogen) atoms. The van der Waals surface area contributed by atoms with Crippen molar-refractivity contribution in [3.63, 3.8) is 0 Å². The Kier molecular flexibility index (Phi) is 4.27. The standard InChI is InChI=1S/C16H15BrN2O4S/c1-9-5-11(3-4-12(9)17)19-24(21,22)15-7-14-13(6-10(15)2)18-16(20)8-23-14/h3-7,19H,8H2,1-2H3,(H,18,20). The Bertz CT molecular complexity index is 941. The molecule has 1 heterocycles. The summed E-state index contributed by atoms with van der Waals surface area (Å²) in [4.78, 5) is 11.5. The maximum absolute atomic E-state index is 12.7. The second-order valence-corrected chi connectivity index (χ2v) is 8.03. The Morgan fingerprint density at radius 3 is 2.62 bits per heavy atom. The third kappa shape index (κ3) is 3.25. The van der Waals surface area contributed by atoms with Gasteiger partial charge >= 0.3 is 0 Å². The van der Waals surface area contributed by atoms with Crippen molar-refractivity contribution in [3.05, 3.63) is 45.9 Å². The minimum atomic E-state index is -3.78. The highest BCUT2D eigenvalue weighted by atomic mass is 79.9. The van der Waals surface area contributed by atoms with E-state index in [1.165, 1.54) is 6.07 Å².